The van der Waals surface area contributed by atoms with Gasteiger partial charge in [0.2, 0.25) is 0 Å². The minimum absolute atomic E-state index is 0.0504. The minimum atomic E-state index is -3.02. The molecule has 1 saturated heterocycles. The van der Waals surface area contributed by atoms with Gasteiger partial charge in [-0.2, -0.15) is 5.10 Å². The van der Waals surface area contributed by atoms with Crippen molar-refractivity contribution in [2.45, 2.75) is 32.4 Å². The third kappa shape index (κ3) is 3.76. The molecular weight excluding hydrogens is 338 g/mol. The van der Waals surface area contributed by atoms with E-state index in [1.54, 1.807) is 18.1 Å². The Labute approximate surface area is 148 Å². The summed E-state index contributed by atoms with van der Waals surface area (Å²) < 4.78 is 25.2. The molecule has 1 unspecified atom stereocenters. The maximum Gasteiger partial charge on any atom is 0.257 e. The summed E-state index contributed by atoms with van der Waals surface area (Å²) in [7, 11) is -1.34. The molecule has 0 spiro atoms. The number of rotatable bonds is 5. The lowest BCUT2D eigenvalue weighted by Gasteiger charge is -2.23. The highest BCUT2D eigenvalue weighted by molar-refractivity contribution is 7.91. The summed E-state index contributed by atoms with van der Waals surface area (Å²) in [6.45, 7) is 2.61. The number of benzene rings is 1. The zero-order valence-corrected chi connectivity index (χ0v) is 15.4. The summed E-state index contributed by atoms with van der Waals surface area (Å²) in [5, 5.41) is 4.39. The van der Waals surface area contributed by atoms with Crippen LogP contribution in [0, 0.1) is 0 Å². The van der Waals surface area contributed by atoms with Crippen LogP contribution in [-0.2, 0) is 22.8 Å². The van der Waals surface area contributed by atoms with E-state index in [1.807, 2.05) is 41.9 Å². The summed E-state index contributed by atoms with van der Waals surface area (Å²) >= 11 is 0. The van der Waals surface area contributed by atoms with Crippen LogP contribution in [0.3, 0.4) is 0 Å². The monoisotopic (exact) mass is 361 g/mol. The molecule has 0 bridgehead atoms. The summed E-state index contributed by atoms with van der Waals surface area (Å²) in [6, 6.07) is 9.72. The molecule has 2 heterocycles. The summed E-state index contributed by atoms with van der Waals surface area (Å²) in [4.78, 5) is 14.4. The number of carbonyl (C=O) groups excluding carboxylic acids is 1. The number of hydrogen-bond acceptors (Lipinski definition) is 4. The number of aromatic nitrogens is 2. The second-order valence-corrected chi connectivity index (χ2v) is 8.70. The van der Waals surface area contributed by atoms with Gasteiger partial charge in [0.15, 0.2) is 9.84 Å². The molecule has 1 aliphatic rings. The number of hydrogen-bond donors (Lipinski definition) is 0. The highest BCUT2D eigenvalue weighted by Crippen LogP contribution is 2.20. The van der Waals surface area contributed by atoms with Crippen LogP contribution in [0.15, 0.2) is 36.5 Å². The Morgan fingerprint density at radius 3 is 2.64 bits per heavy atom. The molecule has 3 rings (SSSR count). The van der Waals surface area contributed by atoms with E-state index in [2.05, 4.69) is 5.10 Å². The van der Waals surface area contributed by atoms with Crippen LogP contribution in [0.5, 0.6) is 0 Å². The molecule has 0 saturated carbocycles. The summed E-state index contributed by atoms with van der Waals surface area (Å²) in [5.41, 5.74) is 2.56. The molecule has 1 atom stereocenters. The van der Waals surface area contributed by atoms with Crippen LogP contribution in [0.2, 0.25) is 0 Å². The van der Waals surface area contributed by atoms with Crippen LogP contribution in [0.1, 0.15) is 35.0 Å². The van der Waals surface area contributed by atoms with Gasteiger partial charge in [-0.05, 0) is 18.4 Å². The Bertz CT molecular complexity index is 859. The fourth-order valence-electron chi connectivity index (χ4n) is 3.29. The number of amides is 1. The van der Waals surface area contributed by atoms with Gasteiger partial charge in [-0.25, -0.2) is 8.42 Å². The third-order valence-corrected chi connectivity index (χ3v) is 6.52. The molecule has 2 aromatic rings. The minimum Gasteiger partial charge on any atom is -0.338 e. The van der Waals surface area contributed by atoms with E-state index in [0.717, 1.165) is 11.3 Å². The van der Waals surface area contributed by atoms with Crippen molar-refractivity contribution in [1.82, 2.24) is 14.7 Å². The van der Waals surface area contributed by atoms with E-state index in [4.69, 9.17) is 0 Å². The first-order valence-electron chi connectivity index (χ1n) is 8.47. The third-order valence-electron chi connectivity index (χ3n) is 4.77. The molecule has 1 aromatic heterocycles. The first-order valence-corrected chi connectivity index (χ1v) is 10.3. The van der Waals surface area contributed by atoms with Crippen LogP contribution >= 0.6 is 0 Å². The van der Waals surface area contributed by atoms with Crippen LogP contribution < -0.4 is 0 Å². The molecule has 1 aliphatic heterocycles. The largest absolute Gasteiger partial charge is 0.338 e. The molecule has 1 amide bonds. The summed E-state index contributed by atoms with van der Waals surface area (Å²) in [6.07, 6.45) is 2.79. The van der Waals surface area contributed by atoms with Crippen molar-refractivity contribution in [2.75, 3.05) is 18.6 Å². The first kappa shape index (κ1) is 17.7. The topological polar surface area (TPSA) is 72.3 Å². The predicted octanol–water partition coefficient (Wildman–Crippen LogP) is 1.75. The fourth-order valence-corrected chi connectivity index (χ4v) is 5.07. The molecule has 0 aliphatic carbocycles. The van der Waals surface area contributed by atoms with E-state index >= 15 is 0 Å². The van der Waals surface area contributed by atoms with Gasteiger partial charge in [0.25, 0.3) is 5.91 Å². The highest BCUT2D eigenvalue weighted by atomic mass is 32.2. The van der Waals surface area contributed by atoms with Crippen molar-refractivity contribution in [3.63, 3.8) is 0 Å². The molecule has 134 valence electrons. The Kier molecular flexibility index (Phi) is 4.94. The Balaban J connectivity index is 1.81. The van der Waals surface area contributed by atoms with Gasteiger partial charge < -0.3 is 4.90 Å². The van der Waals surface area contributed by atoms with Gasteiger partial charge >= 0.3 is 0 Å². The molecule has 0 N–H and O–H groups in total. The maximum atomic E-state index is 12.9. The quantitative estimate of drug-likeness (QED) is 0.813. The van der Waals surface area contributed by atoms with Gasteiger partial charge in [-0.15, -0.1) is 0 Å². The lowest BCUT2D eigenvalue weighted by Crippen LogP contribution is -2.38. The van der Waals surface area contributed by atoms with Crippen molar-refractivity contribution in [3.8, 4) is 0 Å². The first-order chi connectivity index (χ1) is 11.9. The zero-order chi connectivity index (χ0) is 18.0. The van der Waals surface area contributed by atoms with Gasteiger partial charge in [-0.3, -0.25) is 9.48 Å². The molecule has 1 aromatic carbocycles. The van der Waals surface area contributed by atoms with E-state index in [-0.39, 0.29) is 23.5 Å². The van der Waals surface area contributed by atoms with E-state index in [0.29, 0.717) is 24.9 Å². The standard InChI is InChI=1S/C18H23N3O3S/c1-3-17-16(11-19-21(17)12-14-7-5-4-6-8-14)18(22)20(2)15-9-10-25(23,24)13-15/h4-8,11,15H,3,9-10,12-13H2,1-2H3. The van der Waals surface area contributed by atoms with E-state index < -0.39 is 9.84 Å². The van der Waals surface area contributed by atoms with Crippen molar-refractivity contribution in [2.24, 2.45) is 0 Å². The molecular formula is C18H23N3O3S. The second-order valence-electron chi connectivity index (χ2n) is 6.47. The van der Waals surface area contributed by atoms with Crippen LogP contribution in [0.4, 0.5) is 0 Å². The van der Waals surface area contributed by atoms with Crippen molar-refractivity contribution in [3.05, 3.63) is 53.3 Å². The second kappa shape index (κ2) is 7.00. The molecule has 7 heteroatoms. The normalized spacial score (nSPS) is 19.0. The lowest BCUT2D eigenvalue weighted by atomic mass is 10.1. The number of sulfone groups is 1. The predicted molar refractivity (Wildman–Crippen MR) is 96.3 cm³/mol. The van der Waals surface area contributed by atoms with E-state index in [1.165, 1.54) is 0 Å². The molecule has 1 fully saturated rings. The van der Waals surface area contributed by atoms with Crippen molar-refractivity contribution < 1.29 is 13.2 Å². The van der Waals surface area contributed by atoms with Gasteiger partial charge in [0.1, 0.15) is 0 Å². The van der Waals surface area contributed by atoms with Gasteiger partial charge in [-0.1, -0.05) is 37.3 Å². The molecule has 6 nitrogen and oxygen atoms in total. The zero-order valence-electron chi connectivity index (χ0n) is 14.6. The van der Waals surface area contributed by atoms with Gasteiger partial charge in [0.05, 0.1) is 35.5 Å². The highest BCUT2D eigenvalue weighted by Gasteiger charge is 2.34. The number of carbonyl (C=O) groups is 1. The Morgan fingerprint density at radius 1 is 1.32 bits per heavy atom. The van der Waals surface area contributed by atoms with Crippen molar-refractivity contribution >= 4 is 15.7 Å². The van der Waals surface area contributed by atoms with Gasteiger partial charge in [0, 0.05) is 13.1 Å². The van der Waals surface area contributed by atoms with E-state index in [9.17, 15) is 13.2 Å². The average Bonchev–Trinajstić information content (AvgIpc) is 3.17. The Hall–Kier alpha value is -2.15. The average molecular weight is 361 g/mol. The fraction of sp³-hybridized carbons (Fsp3) is 0.444. The number of nitrogens with zero attached hydrogens (tertiary/aromatic N) is 3. The maximum absolute atomic E-state index is 12.9. The van der Waals surface area contributed by atoms with Crippen molar-refractivity contribution in [1.29, 1.82) is 0 Å². The van der Waals surface area contributed by atoms with Crippen LogP contribution in [0.25, 0.3) is 0 Å². The smallest absolute Gasteiger partial charge is 0.257 e. The molecule has 25 heavy (non-hydrogen) atoms. The molecule has 0 radical (unpaired) electrons. The summed E-state index contributed by atoms with van der Waals surface area (Å²) in [5.74, 6) is 0.0520. The lowest BCUT2D eigenvalue weighted by molar-refractivity contribution is 0.0746. The van der Waals surface area contributed by atoms with Crippen LogP contribution in [-0.4, -0.2) is 53.6 Å². The SMILES string of the molecule is CCc1c(C(=O)N(C)C2CCS(=O)(=O)C2)cnn1Cc1ccccc1. The Morgan fingerprint density at radius 2 is 2.04 bits per heavy atom.